The van der Waals surface area contributed by atoms with Gasteiger partial charge in [0.2, 0.25) is 0 Å². The van der Waals surface area contributed by atoms with Gasteiger partial charge in [-0.1, -0.05) is 17.7 Å². The van der Waals surface area contributed by atoms with E-state index >= 15 is 0 Å². The summed E-state index contributed by atoms with van der Waals surface area (Å²) in [6.07, 6.45) is 7.53. The molecule has 5 rings (SSSR count). The van der Waals surface area contributed by atoms with Crippen molar-refractivity contribution in [3.8, 4) is 5.69 Å². The number of aromatic nitrogens is 3. The molecule has 0 amide bonds. The van der Waals surface area contributed by atoms with Gasteiger partial charge in [-0.15, -0.1) is 0 Å². The Morgan fingerprint density at radius 3 is 2.62 bits per heavy atom. The molecule has 7 heteroatoms. The normalized spacial score (nSPS) is 18.1. The van der Waals surface area contributed by atoms with E-state index in [1.807, 2.05) is 68.0 Å². The Labute approximate surface area is 197 Å². The van der Waals surface area contributed by atoms with E-state index in [1.54, 1.807) is 0 Å². The molecular weight excluding hydrogens is 438 g/mol. The van der Waals surface area contributed by atoms with Crippen LogP contribution in [0.3, 0.4) is 0 Å². The van der Waals surface area contributed by atoms with Gasteiger partial charge in [-0.25, -0.2) is 0 Å². The highest BCUT2D eigenvalue weighted by Crippen LogP contribution is 2.40. The summed E-state index contributed by atoms with van der Waals surface area (Å²) in [6.45, 7) is 2.70. The summed E-state index contributed by atoms with van der Waals surface area (Å²) in [7, 11) is 0. The summed E-state index contributed by atoms with van der Waals surface area (Å²) >= 11 is 12.1. The highest BCUT2D eigenvalue weighted by molar-refractivity contribution is 7.80. The largest absolute Gasteiger partial charge is 0.352 e. The number of aryl methyl sites for hydroxylation is 1. The van der Waals surface area contributed by atoms with Crippen molar-refractivity contribution in [1.82, 2.24) is 24.8 Å². The van der Waals surface area contributed by atoms with Crippen LogP contribution in [0.2, 0.25) is 5.02 Å². The van der Waals surface area contributed by atoms with Gasteiger partial charge in [0.15, 0.2) is 5.11 Å². The number of benzene rings is 1. The minimum atomic E-state index is -0.0763. The number of rotatable bonds is 5. The average molecular weight is 460 g/mol. The quantitative estimate of drug-likeness (QED) is 0.405. The van der Waals surface area contributed by atoms with Crippen molar-refractivity contribution < 1.29 is 0 Å². The fraction of sp³-hybridized carbons (Fsp3) is 0.160. The topological polar surface area (TPSA) is 46.0 Å². The second kappa shape index (κ2) is 8.73. The lowest BCUT2D eigenvalue weighted by Crippen LogP contribution is -2.30. The van der Waals surface area contributed by atoms with Crippen LogP contribution in [-0.2, 0) is 6.54 Å². The van der Waals surface area contributed by atoms with Crippen molar-refractivity contribution in [2.24, 2.45) is 0 Å². The maximum Gasteiger partial charge on any atom is 0.170 e. The van der Waals surface area contributed by atoms with E-state index in [9.17, 15) is 0 Å². The van der Waals surface area contributed by atoms with Crippen LogP contribution in [0, 0.1) is 6.92 Å². The zero-order valence-electron chi connectivity index (χ0n) is 17.5. The van der Waals surface area contributed by atoms with Crippen LogP contribution in [0.15, 0.2) is 85.5 Å². The molecule has 1 saturated heterocycles. The van der Waals surface area contributed by atoms with E-state index in [1.165, 1.54) is 0 Å². The lowest BCUT2D eigenvalue weighted by atomic mass is 10.0. The maximum absolute atomic E-state index is 6.29. The van der Waals surface area contributed by atoms with E-state index in [0.29, 0.717) is 11.7 Å². The van der Waals surface area contributed by atoms with Crippen LogP contribution in [0.5, 0.6) is 0 Å². The molecule has 5 nitrogen and oxygen atoms in total. The van der Waals surface area contributed by atoms with Crippen LogP contribution in [0.25, 0.3) is 5.69 Å². The smallest absolute Gasteiger partial charge is 0.170 e. The van der Waals surface area contributed by atoms with Crippen molar-refractivity contribution in [1.29, 1.82) is 0 Å². The number of thiocarbonyl (C=S) groups is 1. The molecule has 1 N–H and O–H groups in total. The van der Waals surface area contributed by atoms with Crippen molar-refractivity contribution in [3.63, 3.8) is 0 Å². The van der Waals surface area contributed by atoms with Crippen LogP contribution in [0.1, 0.15) is 34.6 Å². The molecule has 4 heterocycles. The van der Waals surface area contributed by atoms with Crippen molar-refractivity contribution in [3.05, 3.63) is 113 Å². The molecule has 2 atom stereocenters. The zero-order chi connectivity index (χ0) is 22.1. The summed E-state index contributed by atoms with van der Waals surface area (Å²) in [5, 5.41) is 4.99. The van der Waals surface area contributed by atoms with Crippen molar-refractivity contribution >= 4 is 28.9 Å². The fourth-order valence-corrected chi connectivity index (χ4v) is 4.65. The molecule has 3 aromatic heterocycles. The van der Waals surface area contributed by atoms with E-state index in [0.717, 1.165) is 33.2 Å². The second-order valence-electron chi connectivity index (χ2n) is 7.85. The summed E-state index contributed by atoms with van der Waals surface area (Å²) in [5.74, 6) is 0. The van der Waals surface area contributed by atoms with Crippen LogP contribution >= 0.6 is 23.8 Å². The highest BCUT2D eigenvalue weighted by atomic mass is 35.5. The van der Waals surface area contributed by atoms with Crippen molar-refractivity contribution in [2.75, 3.05) is 0 Å². The van der Waals surface area contributed by atoms with Crippen LogP contribution < -0.4 is 5.32 Å². The van der Waals surface area contributed by atoms with Crippen molar-refractivity contribution in [2.45, 2.75) is 25.6 Å². The molecule has 160 valence electrons. The molecule has 1 aliphatic heterocycles. The minimum absolute atomic E-state index is 0.0449. The monoisotopic (exact) mass is 459 g/mol. The van der Waals surface area contributed by atoms with Crippen LogP contribution in [0.4, 0.5) is 0 Å². The molecule has 4 aromatic rings. The number of nitrogens with zero attached hydrogens (tertiary/aromatic N) is 4. The van der Waals surface area contributed by atoms with Gasteiger partial charge >= 0.3 is 0 Å². The highest BCUT2D eigenvalue weighted by Gasteiger charge is 2.41. The number of halogens is 1. The molecule has 0 spiro atoms. The third-order valence-electron chi connectivity index (χ3n) is 5.80. The molecule has 0 bridgehead atoms. The third kappa shape index (κ3) is 3.87. The molecule has 0 saturated carbocycles. The Kier molecular flexibility index (Phi) is 5.64. The molecule has 0 aliphatic carbocycles. The van der Waals surface area contributed by atoms with Gasteiger partial charge in [0.25, 0.3) is 0 Å². The standard InChI is InChI=1S/C25H22ClN5S/c1-17-15-19(7-8-20(17)26)30-14-4-6-22(30)24-23(21-5-2-3-11-28-21)29-25(32)31(24)16-18-9-12-27-13-10-18/h2-15,23-24H,16H2,1H3,(H,29,32)/t23-,24+/m1/s1. The fourth-order valence-electron chi connectivity index (χ4n) is 4.23. The van der Waals surface area contributed by atoms with Gasteiger partial charge in [0, 0.05) is 47.7 Å². The zero-order valence-corrected chi connectivity index (χ0v) is 19.1. The van der Waals surface area contributed by atoms with E-state index in [2.05, 4.69) is 49.1 Å². The first kappa shape index (κ1) is 20.7. The summed E-state index contributed by atoms with van der Waals surface area (Å²) < 4.78 is 2.21. The Morgan fingerprint density at radius 1 is 1.03 bits per heavy atom. The van der Waals surface area contributed by atoms with Gasteiger partial charge in [0.05, 0.1) is 17.8 Å². The number of hydrogen-bond donors (Lipinski definition) is 1. The predicted octanol–water partition coefficient (Wildman–Crippen LogP) is 5.40. The maximum atomic E-state index is 6.29. The molecule has 1 aliphatic rings. The first-order chi connectivity index (χ1) is 15.6. The first-order valence-electron chi connectivity index (χ1n) is 10.4. The molecule has 0 unspecified atom stereocenters. The molecule has 32 heavy (non-hydrogen) atoms. The van der Waals surface area contributed by atoms with Gasteiger partial charge in [-0.2, -0.15) is 0 Å². The molecule has 1 fully saturated rings. The minimum Gasteiger partial charge on any atom is -0.352 e. The summed E-state index contributed by atoms with van der Waals surface area (Å²) in [5.41, 5.74) is 5.34. The summed E-state index contributed by atoms with van der Waals surface area (Å²) in [4.78, 5) is 11.0. The number of hydrogen-bond acceptors (Lipinski definition) is 3. The first-order valence-corrected chi connectivity index (χ1v) is 11.2. The summed E-state index contributed by atoms with van der Waals surface area (Å²) in [6, 6.07) is 20.2. The van der Waals surface area contributed by atoms with Gasteiger partial charge in [-0.05, 0) is 84.9 Å². The Morgan fingerprint density at radius 2 is 1.88 bits per heavy atom. The predicted molar refractivity (Wildman–Crippen MR) is 131 cm³/mol. The molecular formula is C25H22ClN5S. The van der Waals surface area contributed by atoms with E-state index < -0.39 is 0 Å². The lowest BCUT2D eigenvalue weighted by molar-refractivity contribution is 0.302. The van der Waals surface area contributed by atoms with Crippen LogP contribution in [-0.4, -0.2) is 24.5 Å². The van der Waals surface area contributed by atoms with Gasteiger partial charge in [-0.3, -0.25) is 9.97 Å². The Hall–Kier alpha value is -3.22. The van der Waals surface area contributed by atoms with E-state index in [4.69, 9.17) is 23.8 Å². The number of pyridine rings is 2. The van der Waals surface area contributed by atoms with E-state index in [-0.39, 0.29) is 12.1 Å². The Bertz CT molecular complexity index is 1240. The SMILES string of the molecule is Cc1cc(-n2cccc2[C@H]2[C@@H](c3ccccn3)NC(=S)N2Cc2ccncc2)ccc1Cl. The molecule has 0 radical (unpaired) electrons. The Balaban J connectivity index is 1.61. The lowest BCUT2D eigenvalue weighted by Gasteiger charge is -2.29. The second-order valence-corrected chi connectivity index (χ2v) is 8.64. The van der Waals surface area contributed by atoms with Gasteiger partial charge < -0.3 is 14.8 Å². The molecule has 1 aromatic carbocycles. The average Bonchev–Trinajstić information content (AvgIpc) is 3.42. The van der Waals surface area contributed by atoms with Gasteiger partial charge in [0.1, 0.15) is 0 Å². The third-order valence-corrected chi connectivity index (χ3v) is 6.58. The number of nitrogens with one attached hydrogen (secondary N) is 1.